The number of nitrogens with one attached hydrogen (secondary N) is 3. The molecular weight excluding hydrogens is 496 g/mol. The Labute approximate surface area is 212 Å². The van der Waals surface area contributed by atoms with Gasteiger partial charge in [-0.1, -0.05) is 0 Å². The average Bonchev–Trinajstić information content (AvgIpc) is 3.54. The van der Waals surface area contributed by atoms with E-state index in [-0.39, 0.29) is 23.7 Å². The summed E-state index contributed by atoms with van der Waals surface area (Å²) in [5.74, 6) is -2.17. The van der Waals surface area contributed by atoms with Crippen molar-refractivity contribution in [3.8, 4) is 0 Å². The zero-order chi connectivity index (χ0) is 28.0. The molecule has 0 bridgehead atoms. The Balaban J connectivity index is 0.000000751. The van der Waals surface area contributed by atoms with Crippen LogP contribution in [-0.2, 0) is 20.8 Å². The maximum absolute atomic E-state index is 12.5. The van der Waals surface area contributed by atoms with E-state index in [9.17, 15) is 18.4 Å². The standard InChI is InChI=1S/C18H25F2N7O2.2C2H4O2/c1-26-13(8-16(28)22-6-4-12-9-21-11-24-12)2-3-14(26)10-23-17(29)15-5-7-27(25-15)18(19)20;2*1-2(3)4/h5,7,9,11,13-14,18H,2-4,6,8,10H2,1H3,(H,21,24)(H,22,28)(H,23,29);2*1H3,(H,3,4)/t13-,14+;;/m1../s1. The van der Waals surface area contributed by atoms with Gasteiger partial charge in [-0.3, -0.25) is 24.1 Å². The van der Waals surface area contributed by atoms with E-state index in [1.54, 1.807) is 12.5 Å². The first kappa shape index (κ1) is 31.2. The fraction of sp³-hybridized carbons (Fsp3) is 0.545. The number of rotatable bonds is 9. The van der Waals surface area contributed by atoms with Gasteiger partial charge in [-0.15, -0.1) is 0 Å². The molecule has 5 N–H and O–H groups in total. The molecular formula is C22H33F2N7O6. The molecule has 1 saturated heterocycles. The van der Waals surface area contributed by atoms with Crippen LogP contribution in [0.3, 0.4) is 0 Å². The zero-order valence-electron chi connectivity index (χ0n) is 20.9. The second-order valence-corrected chi connectivity index (χ2v) is 8.14. The first-order chi connectivity index (χ1) is 17.4. The molecule has 0 aromatic carbocycles. The van der Waals surface area contributed by atoms with Gasteiger partial charge in [-0.2, -0.15) is 13.9 Å². The molecule has 13 nitrogen and oxygen atoms in total. The van der Waals surface area contributed by atoms with Crippen LogP contribution in [-0.4, -0.2) is 90.8 Å². The average molecular weight is 530 g/mol. The lowest BCUT2D eigenvalue weighted by molar-refractivity contribution is -0.135. The quantitative estimate of drug-likeness (QED) is 0.318. The molecule has 0 unspecified atom stereocenters. The van der Waals surface area contributed by atoms with Crippen molar-refractivity contribution in [2.45, 2.75) is 58.2 Å². The number of aliphatic carboxylic acids is 2. The van der Waals surface area contributed by atoms with Crippen molar-refractivity contribution < 1.29 is 38.2 Å². The van der Waals surface area contributed by atoms with Gasteiger partial charge in [0.25, 0.3) is 17.8 Å². The van der Waals surface area contributed by atoms with Gasteiger partial charge >= 0.3 is 6.55 Å². The van der Waals surface area contributed by atoms with Crippen LogP contribution in [0.1, 0.15) is 55.8 Å². The molecule has 0 saturated carbocycles. The first-order valence-corrected chi connectivity index (χ1v) is 11.4. The van der Waals surface area contributed by atoms with E-state index < -0.39 is 24.4 Å². The fourth-order valence-corrected chi connectivity index (χ4v) is 3.50. The SMILES string of the molecule is CC(=O)O.CC(=O)O.CN1[C@@H](CC(=O)NCCc2cnc[nH]2)CC[C@H]1CNC(=O)c1ccn(C(F)F)n1. The summed E-state index contributed by atoms with van der Waals surface area (Å²) >= 11 is 0. The molecule has 37 heavy (non-hydrogen) atoms. The number of carboxylic acids is 2. The van der Waals surface area contributed by atoms with E-state index in [0.29, 0.717) is 30.6 Å². The third-order valence-corrected chi connectivity index (χ3v) is 5.22. The Hall–Kier alpha value is -3.88. The number of aromatic amines is 1. The topological polar surface area (TPSA) is 183 Å². The highest BCUT2D eigenvalue weighted by atomic mass is 19.3. The highest BCUT2D eigenvalue weighted by Gasteiger charge is 2.32. The van der Waals surface area contributed by atoms with E-state index in [2.05, 4.69) is 30.6 Å². The predicted molar refractivity (Wildman–Crippen MR) is 127 cm³/mol. The van der Waals surface area contributed by atoms with Crippen LogP contribution in [0.25, 0.3) is 0 Å². The van der Waals surface area contributed by atoms with Crippen molar-refractivity contribution in [3.05, 3.63) is 36.2 Å². The number of alkyl halides is 2. The Morgan fingerprint density at radius 3 is 2.30 bits per heavy atom. The molecule has 1 aliphatic rings. The van der Waals surface area contributed by atoms with Gasteiger partial charge in [0, 0.05) is 69.9 Å². The van der Waals surface area contributed by atoms with E-state index in [0.717, 1.165) is 38.6 Å². The lowest BCUT2D eigenvalue weighted by atomic mass is 10.1. The molecule has 1 fully saturated rings. The highest BCUT2D eigenvalue weighted by molar-refractivity contribution is 5.92. The van der Waals surface area contributed by atoms with Gasteiger partial charge in [-0.25, -0.2) is 9.67 Å². The molecule has 3 heterocycles. The van der Waals surface area contributed by atoms with Gasteiger partial charge < -0.3 is 25.8 Å². The minimum absolute atomic E-state index is 0.0106. The maximum Gasteiger partial charge on any atom is 0.333 e. The number of amides is 2. The second kappa shape index (κ2) is 16.0. The Morgan fingerprint density at radius 1 is 1.14 bits per heavy atom. The summed E-state index contributed by atoms with van der Waals surface area (Å²) in [5, 5.41) is 24.0. The van der Waals surface area contributed by atoms with E-state index in [1.807, 2.05) is 7.05 Å². The minimum Gasteiger partial charge on any atom is -0.481 e. The molecule has 2 aromatic heterocycles. The number of likely N-dealkylation sites (tertiary alicyclic amines) is 1. The Bertz CT molecular complexity index is 980. The number of carbonyl (C=O) groups is 4. The molecule has 2 aromatic rings. The van der Waals surface area contributed by atoms with Crippen molar-refractivity contribution >= 4 is 23.8 Å². The van der Waals surface area contributed by atoms with Crippen LogP contribution in [0.15, 0.2) is 24.8 Å². The number of likely N-dealkylation sites (N-methyl/N-ethyl adjacent to an activating group) is 1. The third kappa shape index (κ3) is 12.6. The smallest absolute Gasteiger partial charge is 0.333 e. The molecule has 0 radical (unpaired) electrons. The summed E-state index contributed by atoms with van der Waals surface area (Å²) in [4.78, 5) is 51.3. The molecule has 2 amide bonds. The number of aromatic nitrogens is 4. The van der Waals surface area contributed by atoms with Crippen LogP contribution in [0.5, 0.6) is 0 Å². The van der Waals surface area contributed by atoms with Gasteiger partial charge in [0.15, 0.2) is 0 Å². The van der Waals surface area contributed by atoms with Crippen molar-refractivity contribution in [1.29, 1.82) is 0 Å². The summed E-state index contributed by atoms with van der Waals surface area (Å²) in [6.07, 6.45) is 7.19. The number of H-pyrrole nitrogens is 1. The summed E-state index contributed by atoms with van der Waals surface area (Å²) in [6, 6.07) is 1.44. The van der Waals surface area contributed by atoms with Crippen LogP contribution >= 0.6 is 0 Å². The number of carboxylic acid groups (broad SMARTS) is 2. The molecule has 206 valence electrons. The van der Waals surface area contributed by atoms with Crippen molar-refractivity contribution in [3.63, 3.8) is 0 Å². The van der Waals surface area contributed by atoms with E-state index in [4.69, 9.17) is 19.8 Å². The monoisotopic (exact) mass is 529 g/mol. The van der Waals surface area contributed by atoms with Crippen LogP contribution in [0.4, 0.5) is 8.78 Å². The number of carbonyl (C=O) groups excluding carboxylic acids is 2. The lowest BCUT2D eigenvalue weighted by Gasteiger charge is -2.25. The molecule has 1 aliphatic heterocycles. The van der Waals surface area contributed by atoms with E-state index in [1.165, 1.54) is 6.07 Å². The zero-order valence-corrected chi connectivity index (χ0v) is 20.9. The largest absolute Gasteiger partial charge is 0.481 e. The van der Waals surface area contributed by atoms with Crippen molar-refractivity contribution in [2.75, 3.05) is 20.1 Å². The second-order valence-electron chi connectivity index (χ2n) is 8.14. The van der Waals surface area contributed by atoms with Gasteiger partial charge in [0.2, 0.25) is 5.91 Å². The Morgan fingerprint density at radius 2 is 1.76 bits per heavy atom. The molecule has 0 aliphatic carbocycles. The Kier molecular flexibility index (Phi) is 13.5. The van der Waals surface area contributed by atoms with Crippen LogP contribution < -0.4 is 10.6 Å². The van der Waals surface area contributed by atoms with Crippen LogP contribution in [0.2, 0.25) is 0 Å². The van der Waals surface area contributed by atoms with E-state index >= 15 is 0 Å². The van der Waals surface area contributed by atoms with Crippen LogP contribution in [0, 0.1) is 0 Å². The van der Waals surface area contributed by atoms with Crippen molar-refractivity contribution in [1.82, 2.24) is 35.3 Å². The van der Waals surface area contributed by atoms with Gasteiger partial charge in [-0.05, 0) is 26.0 Å². The number of imidazole rings is 1. The van der Waals surface area contributed by atoms with Gasteiger partial charge in [0.05, 0.1) is 6.33 Å². The molecule has 15 heteroatoms. The molecule has 3 rings (SSSR count). The highest BCUT2D eigenvalue weighted by Crippen LogP contribution is 2.24. The number of nitrogens with zero attached hydrogens (tertiary/aromatic N) is 4. The normalized spacial score (nSPS) is 16.7. The number of halogens is 2. The molecule has 0 spiro atoms. The number of hydrogen-bond donors (Lipinski definition) is 5. The number of hydrogen-bond acceptors (Lipinski definition) is 7. The predicted octanol–water partition coefficient (Wildman–Crippen LogP) is 1.12. The van der Waals surface area contributed by atoms with Gasteiger partial charge in [0.1, 0.15) is 5.69 Å². The minimum atomic E-state index is -2.77. The third-order valence-electron chi connectivity index (χ3n) is 5.22. The summed E-state index contributed by atoms with van der Waals surface area (Å²) in [6.45, 7) is 0.306. The first-order valence-electron chi connectivity index (χ1n) is 11.4. The van der Waals surface area contributed by atoms with Crippen molar-refractivity contribution in [2.24, 2.45) is 0 Å². The lowest BCUT2D eigenvalue weighted by Crippen LogP contribution is -2.42. The fourth-order valence-electron chi connectivity index (χ4n) is 3.50. The summed E-state index contributed by atoms with van der Waals surface area (Å²) < 4.78 is 25.5. The molecule has 2 atom stereocenters. The maximum atomic E-state index is 12.5. The summed E-state index contributed by atoms with van der Waals surface area (Å²) in [5.41, 5.74) is 0.927. The summed E-state index contributed by atoms with van der Waals surface area (Å²) in [7, 11) is 1.93.